The minimum Gasteiger partial charge on any atom is -0.480 e. The number of carboxylic acid groups (broad SMARTS) is 1. The highest BCUT2D eigenvalue weighted by Gasteiger charge is 2.38. The summed E-state index contributed by atoms with van der Waals surface area (Å²) in [5.41, 5.74) is 7.59. The lowest BCUT2D eigenvalue weighted by molar-refractivity contribution is -0.143. The van der Waals surface area contributed by atoms with Gasteiger partial charge >= 0.3 is 5.97 Å². The van der Waals surface area contributed by atoms with Crippen LogP contribution >= 0.6 is 0 Å². The van der Waals surface area contributed by atoms with E-state index in [4.69, 9.17) is 5.73 Å². The molecule has 4 atom stereocenters. The van der Waals surface area contributed by atoms with Gasteiger partial charge in [0.15, 0.2) is 0 Å². The van der Waals surface area contributed by atoms with Gasteiger partial charge in [-0.25, -0.2) is 9.78 Å². The largest absolute Gasteiger partial charge is 0.480 e. The Morgan fingerprint density at radius 1 is 1.17 bits per heavy atom. The standard InChI is InChI=1S/C25H34N6O5/c1-15(2)21(23(33)29-19(25(35)36)11-16-7-4-3-5-8-16)30-22(32)20-9-6-10-31(20)24(34)18(26)12-17-13-27-14-28-17/h3-5,7-8,13-15,18-21H,6,9-12,26H2,1-2H3,(H,27,28)(H,29,33)(H,30,32)(H,35,36). The Morgan fingerprint density at radius 2 is 1.89 bits per heavy atom. The lowest BCUT2D eigenvalue weighted by Gasteiger charge is -2.29. The van der Waals surface area contributed by atoms with E-state index >= 15 is 0 Å². The number of aromatic nitrogens is 2. The molecule has 11 heteroatoms. The number of benzene rings is 1. The molecule has 0 radical (unpaired) electrons. The van der Waals surface area contributed by atoms with Gasteiger partial charge in [0.05, 0.1) is 12.4 Å². The molecule has 0 spiro atoms. The van der Waals surface area contributed by atoms with Gasteiger partial charge in [-0.05, 0) is 24.3 Å². The van der Waals surface area contributed by atoms with Crippen LogP contribution < -0.4 is 16.4 Å². The van der Waals surface area contributed by atoms with Gasteiger partial charge in [-0.2, -0.15) is 0 Å². The van der Waals surface area contributed by atoms with Crippen LogP contribution in [0.2, 0.25) is 0 Å². The Bertz CT molecular complexity index is 1040. The van der Waals surface area contributed by atoms with Crippen molar-refractivity contribution in [2.45, 2.75) is 63.7 Å². The number of H-pyrrole nitrogens is 1. The van der Waals surface area contributed by atoms with Crippen LogP contribution in [0.25, 0.3) is 0 Å². The van der Waals surface area contributed by atoms with Crippen LogP contribution in [0.3, 0.4) is 0 Å². The first kappa shape index (κ1) is 26.9. The maximum absolute atomic E-state index is 13.2. The first-order chi connectivity index (χ1) is 17.2. The van der Waals surface area contributed by atoms with Crippen molar-refractivity contribution in [3.63, 3.8) is 0 Å². The second-order valence-electron chi connectivity index (χ2n) is 9.40. The van der Waals surface area contributed by atoms with Crippen LogP contribution in [0.1, 0.15) is 37.9 Å². The number of imidazole rings is 1. The number of aromatic amines is 1. The highest BCUT2D eigenvalue weighted by molar-refractivity contribution is 5.94. The molecule has 2 heterocycles. The van der Waals surface area contributed by atoms with Gasteiger partial charge in [0, 0.05) is 31.3 Å². The van der Waals surface area contributed by atoms with Gasteiger partial charge in [-0.15, -0.1) is 0 Å². The molecule has 4 unspecified atom stereocenters. The molecule has 1 fully saturated rings. The molecule has 194 valence electrons. The number of hydrogen-bond donors (Lipinski definition) is 5. The fourth-order valence-electron chi connectivity index (χ4n) is 4.33. The van der Waals surface area contributed by atoms with Crippen molar-refractivity contribution in [2.75, 3.05) is 6.54 Å². The number of nitrogens with one attached hydrogen (secondary N) is 3. The molecular weight excluding hydrogens is 464 g/mol. The van der Waals surface area contributed by atoms with Gasteiger partial charge in [0.2, 0.25) is 17.7 Å². The summed E-state index contributed by atoms with van der Waals surface area (Å²) in [5.74, 6) is -2.87. The number of rotatable bonds is 11. The lowest BCUT2D eigenvalue weighted by atomic mass is 10.0. The molecule has 1 aliphatic rings. The number of nitrogens with zero attached hydrogens (tertiary/aromatic N) is 2. The molecule has 1 aliphatic heterocycles. The molecule has 3 amide bonds. The molecular formula is C25H34N6O5. The third-order valence-corrected chi connectivity index (χ3v) is 6.29. The van der Waals surface area contributed by atoms with Crippen molar-refractivity contribution >= 4 is 23.7 Å². The average molecular weight is 499 g/mol. The highest BCUT2D eigenvalue weighted by Crippen LogP contribution is 2.20. The lowest BCUT2D eigenvalue weighted by Crippen LogP contribution is -2.58. The van der Waals surface area contributed by atoms with Gasteiger partial charge in [0.1, 0.15) is 18.1 Å². The van der Waals surface area contributed by atoms with E-state index in [0.29, 0.717) is 19.4 Å². The van der Waals surface area contributed by atoms with Crippen molar-refractivity contribution < 1.29 is 24.3 Å². The Morgan fingerprint density at radius 3 is 2.50 bits per heavy atom. The summed E-state index contributed by atoms with van der Waals surface area (Å²) in [6.07, 6.45) is 4.56. The minimum absolute atomic E-state index is 0.111. The Balaban J connectivity index is 1.64. The van der Waals surface area contributed by atoms with E-state index in [1.165, 1.54) is 11.2 Å². The van der Waals surface area contributed by atoms with Crippen molar-refractivity contribution in [1.82, 2.24) is 25.5 Å². The Labute approximate surface area is 209 Å². The van der Waals surface area contributed by atoms with E-state index in [9.17, 15) is 24.3 Å². The Hall–Kier alpha value is -3.73. The Kier molecular flexibility index (Phi) is 9.18. The molecule has 1 aromatic carbocycles. The molecule has 3 rings (SSSR count). The van der Waals surface area contributed by atoms with Gasteiger partial charge in [0.25, 0.3) is 0 Å². The van der Waals surface area contributed by atoms with Gasteiger partial charge in [-0.1, -0.05) is 44.2 Å². The quantitative estimate of drug-likeness (QED) is 0.295. The first-order valence-electron chi connectivity index (χ1n) is 12.1. The molecule has 6 N–H and O–H groups in total. The fraction of sp³-hybridized carbons (Fsp3) is 0.480. The predicted molar refractivity (Wildman–Crippen MR) is 131 cm³/mol. The molecule has 36 heavy (non-hydrogen) atoms. The first-order valence-corrected chi connectivity index (χ1v) is 12.1. The predicted octanol–water partition coefficient (Wildman–Crippen LogP) is 0.223. The normalized spacial score (nSPS) is 17.9. The maximum atomic E-state index is 13.2. The van der Waals surface area contributed by atoms with Crippen LogP contribution in [0.15, 0.2) is 42.9 Å². The number of amides is 3. The van der Waals surface area contributed by atoms with Crippen LogP contribution in [0, 0.1) is 5.92 Å². The molecule has 0 saturated carbocycles. The second-order valence-corrected chi connectivity index (χ2v) is 9.40. The summed E-state index contributed by atoms with van der Waals surface area (Å²) >= 11 is 0. The number of aliphatic carboxylic acids is 1. The monoisotopic (exact) mass is 498 g/mol. The molecule has 11 nitrogen and oxygen atoms in total. The second kappa shape index (κ2) is 12.3. The smallest absolute Gasteiger partial charge is 0.326 e. The summed E-state index contributed by atoms with van der Waals surface area (Å²) in [5, 5.41) is 14.9. The van der Waals surface area contributed by atoms with Crippen molar-refractivity contribution in [2.24, 2.45) is 11.7 Å². The number of carboxylic acids is 1. The zero-order valence-corrected chi connectivity index (χ0v) is 20.5. The van der Waals surface area contributed by atoms with Gasteiger partial charge in [-0.3, -0.25) is 14.4 Å². The highest BCUT2D eigenvalue weighted by atomic mass is 16.4. The third kappa shape index (κ3) is 6.91. The van der Waals surface area contributed by atoms with E-state index in [2.05, 4.69) is 20.6 Å². The molecule has 1 aromatic heterocycles. The molecule has 0 aliphatic carbocycles. The van der Waals surface area contributed by atoms with Crippen LogP contribution in [-0.4, -0.2) is 74.4 Å². The molecule has 0 bridgehead atoms. The van der Waals surface area contributed by atoms with Crippen LogP contribution in [0.5, 0.6) is 0 Å². The zero-order chi connectivity index (χ0) is 26.2. The van der Waals surface area contributed by atoms with E-state index in [1.54, 1.807) is 44.3 Å². The number of carbonyl (C=O) groups excluding carboxylic acids is 3. The summed E-state index contributed by atoms with van der Waals surface area (Å²) < 4.78 is 0. The van der Waals surface area contributed by atoms with Crippen molar-refractivity contribution in [1.29, 1.82) is 0 Å². The maximum Gasteiger partial charge on any atom is 0.326 e. The summed E-state index contributed by atoms with van der Waals surface area (Å²) in [6.45, 7) is 3.91. The third-order valence-electron chi connectivity index (χ3n) is 6.29. The van der Waals surface area contributed by atoms with Crippen molar-refractivity contribution in [3.8, 4) is 0 Å². The summed E-state index contributed by atoms with van der Waals surface area (Å²) in [4.78, 5) is 59.3. The number of carbonyl (C=O) groups is 4. The van der Waals surface area contributed by atoms with Crippen molar-refractivity contribution in [3.05, 3.63) is 54.1 Å². The molecule has 1 saturated heterocycles. The number of hydrogen-bond acceptors (Lipinski definition) is 6. The minimum atomic E-state index is -1.17. The average Bonchev–Trinajstić information content (AvgIpc) is 3.54. The van der Waals surface area contributed by atoms with Crippen LogP contribution in [0.4, 0.5) is 0 Å². The summed E-state index contributed by atoms with van der Waals surface area (Å²) in [7, 11) is 0. The van der Waals surface area contributed by atoms with E-state index in [1.807, 2.05) is 6.07 Å². The number of nitrogens with two attached hydrogens (primary N) is 1. The van der Waals surface area contributed by atoms with E-state index < -0.39 is 42.0 Å². The number of likely N-dealkylation sites (tertiary alicyclic amines) is 1. The SMILES string of the molecule is CC(C)C(NC(=O)C1CCCN1C(=O)C(N)Cc1cnc[nH]1)C(=O)NC(Cc1ccccc1)C(=O)O. The van der Waals surface area contributed by atoms with Gasteiger partial charge < -0.3 is 31.4 Å². The summed E-state index contributed by atoms with van der Waals surface area (Å²) in [6, 6.07) is 5.28. The van der Waals surface area contributed by atoms with E-state index in [-0.39, 0.29) is 24.7 Å². The molecule has 2 aromatic rings. The fourth-order valence-corrected chi connectivity index (χ4v) is 4.33. The topological polar surface area (TPSA) is 171 Å². The van der Waals surface area contributed by atoms with E-state index in [0.717, 1.165) is 11.3 Å². The zero-order valence-electron chi connectivity index (χ0n) is 20.5. The van der Waals surface area contributed by atoms with Crippen LogP contribution in [-0.2, 0) is 32.0 Å².